The van der Waals surface area contributed by atoms with E-state index in [0.717, 1.165) is 40.0 Å². The Labute approximate surface area is 485 Å². The second-order valence-electron chi connectivity index (χ2n) is 16.7. The minimum absolute atomic E-state index is 0.000556. The number of likely N-dealkylation sites (N-methyl/N-ethyl adjacent to an activating group) is 1. The summed E-state index contributed by atoms with van der Waals surface area (Å²) in [7, 11) is 5.55. The molecule has 2 N–H and O–H groups in total. The molecule has 0 amide bonds. The van der Waals surface area contributed by atoms with Gasteiger partial charge in [-0.2, -0.15) is 0 Å². The number of para-hydroxylation sites is 3. The number of thiophene rings is 2. The van der Waals surface area contributed by atoms with E-state index in [4.69, 9.17) is 4.42 Å². The van der Waals surface area contributed by atoms with Crippen molar-refractivity contribution >= 4 is 96.8 Å². The van der Waals surface area contributed by atoms with Crippen LogP contribution >= 0.6 is 22.7 Å². The summed E-state index contributed by atoms with van der Waals surface area (Å²) >= 11 is 3.32. The monoisotopic (exact) mass is 1120 g/mol. The first-order valence-corrected chi connectivity index (χ1v) is 30.2. The van der Waals surface area contributed by atoms with Crippen LogP contribution in [0.1, 0.15) is 99.8 Å². The first-order valence-electron chi connectivity index (χ1n) is 28.5. The third-order valence-corrected chi connectivity index (χ3v) is 13.8. The zero-order valence-corrected chi connectivity index (χ0v) is 52.8. The Bertz CT molecular complexity index is 3610. The fourth-order valence-electron chi connectivity index (χ4n) is 7.81. The number of H-pyrrole nitrogens is 1. The van der Waals surface area contributed by atoms with Crippen LogP contribution in [-0.4, -0.2) is 62.2 Å². The fourth-order valence-corrected chi connectivity index (χ4v) is 9.80. The molecule has 0 atom stereocenters. The van der Waals surface area contributed by atoms with Crippen LogP contribution in [0.5, 0.6) is 0 Å². The minimum atomic E-state index is 0.000556. The smallest absolute Gasteiger partial charge is 0.271 e. The van der Waals surface area contributed by atoms with Crippen LogP contribution < -0.4 is 16.4 Å². The number of aromatic nitrogens is 5. The summed E-state index contributed by atoms with van der Waals surface area (Å²) in [6.07, 6.45) is 5.03. The number of nitrogens with zero attached hydrogens (tertiary/aromatic N) is 5. The van der Waals surface area contributed by atoms with E-state index in [9.17, 15) is 9.59 Å². The Morgan fingerprint density at radius 1 is 0.512 bits per heavy atom. The molecule has 12 heteroatoms. The fraction of sp³-hybridized carbons (Fsp3) is 0.324. The van der Waals surface area contributed by atoms with Gasteiger partial charge in [-0.05, 0) is 98.2 Å². The molecule has 6 aromatic heterocycles. The van der Waals surface area contributed by atoms with Gasteiger partial charge in [0.2, 0.25) is 0 Å². The van der Waals surface area contributed by atoms with Gasteiger partial charge in [-0.25, -0.2) is 9.97 Å². The van der Waals surface area contributed by atoms with Crippen LogP contribution in [0.25, 0.3) is 74.1 Å². The number of aromatic amines is 1. The molecule has 0 bridgehead atoms. The van der Waals surface area contributed by atoms with Gasteiger partial charge < -0.3 is 28.8 Å². The molecule has 1 fully saturated rings. The lowest BCUT2D eigenvalue weighted by Crippen LogP contribution is -2.40. The highest BCUT2D eigenvalue weighted by Gasteiger charge is 2.08. The first-order chi connectivity index (χ1) is 39.0. The highest BCUT2D eigenvalue weighted by molar-refractivity contribution is 7.26. The lowest BCUT2D eigenvalue weighted by Gasteiger charge is -2.21. The molecule has 12 aromatic rings. The van der Waals surface area contributed by atoms with Gasteiger partial charge in [0.15, 0.2) is 0 Å². The maximum absolute atomic E-state index is 11.5. The minimum Gasteiger partial charge on any atom is -0.456 e. The molecule has 1 aliphatic rings. The van der Waals surface area contributed by atoms with Crippen molar-refractivity contribution < 1.29 is 4.42 Å². The number of nitrogens with one attached hydrogen (secondary N) is 2. The van der Waals surface area contributed by atoms with Gasteiger partial charge in [-0.15, -0.1) is 22.7 Å². The molecular formula is C68H91N7O3S2. The van der Waals surface area contributed by atoms with E-state index in [-0.39, 0.29) is 11.1 Å². The van der Waals surface area contributed by atoms with Crippen molar-refractivity contribution in [2.45, 2.75) is 104 Å². The van der Waals surface area contributed by atoms with E-state index in [0.29, 0.717) is 5.39 Å². The molecule has 0 unspecified atom stereocenters. The molecule has 7 heterocycles. The summed E-state index contributed by atoms with van der Waals surface area (Å²) in [5.41, 5.74) is 8.65. The highest BCUT2D eigenvalue weighted by atomic mass is 32.1. The normalized spacial score (nSPS) is 10.9. The first kappa shape index (κ1) is 68.9. The van der Waals surface area contributed by atoms with E-state index in [1.165, 1.54) is 105 Å². The van der Waals surface area contributed by atoms with Crippen LogP contribution in [0.4, 0.5) is 0 Å². The highest BCUT2D eigenvalue weighted by Crippen LogP contribution is 2.35. The van der Waals surface area contributed by atoms with Gasteiger partial charge in [-0.1, -0.05) is 180 Å². The molecular weight excluding hydrogens is 1030 g/mol. The van der Waals surface area contributed by atoms with Crippen LogP contribution in [0.2, 0.25) is 0 Å². The number of hydrogen-bond acceptors (Lipinski definition) is 9. The van der Waals surface area contributed by atoms with Crippen LogP contribution in [-0.2, 0) is 14.1 Å². The van der Waals surface area contributed by atoms with E-state index < -0.39 is 0 Å². The molecule has 428 valence electrons. The summed E-state index contributed by atoms with van der Waals surface area (Å²) in [6, 6.07) is 47.2. The lowest BCUT2D eigenvalue weighted by atomic mass is 10.1. The number of rotatable bonds is 0. The number of benzene rings is 6. The van der Waals surface area contributed by atoms with E-state index in [2.05, 4.69) is 144 Å². The Kier molecular flexibility index (Phi) is 33.1. The molecule has 1 aliphatic heterocycles. The zero-order chi connectivity index (χ0) is 59.6. The van der Waals surface area contributed by atoms with Gasteiger partial charge in [0.05, 0.1) is 29.1 Å². The van der Waals surface area contributed by atoms with Gasteiger partial charge >= 0.3 is 0 Å². The van der Waals surface area contributed by atoms with Crippen molar-refractivity contribution in [2.24, 2.45) is 14.1 Å². The molecule has 80 heavy (non-hydrogen) atoms. The molecule has 0 aliphatic carbocycles. The summed E-state index contributed by atoms with van der Waals surface area (Å²) in [5.74, 6) is 0. The second kappa shape index (κ2) is 38.4. The predicted octanol–water partition coefficient (Wildman–Crippen LogP) is 18.3. The van der Waals surface area contributed by atoms with Crippen molar-refractivity contribution in [3.8, 4) is 0 Å². The molecule has 0 spiro atoms. The number of hydrogen-bond donors (Lipinski definition) is 2. The summed E-state index contributed by atoms with van der Waals surface area (Å²) in [4.78, 5) is 36.4. The summed E-state index contributed by atoms with van der Waals surface area (Å²) in [6.45, 7) is 35.1. The zero-order valence-electron chi connectivity index (χ0n) is 51.2. The molecule has 13 rings (SSSR count). The average molecular weight is 1120 g/mol. The molecule has 6 aromatic carbocycles. The number of piperazine rings is 1. The average Bonchev–Trinajstić information content (AvgIpc) is 4.45. The van der Waals surface area contributed by atoms with Crippen molar-refractivity contribution in [3.63, 3.8) is 0 Å². The van der Waals surface area contributed by atoms with E-state index in [1.54, 1.807) is 20.2 Å². The molecule has 1 saturated heterocycles. The van der Waals surface area contributed by atoms with Crippen molar-refractivity contribution in [1.82, 2.24) is 34.3 Å². The quantitative estimate of drug-likeness (QED) is 0.155. The van der Waals surface area contributed by atoms with Crippen LogP contribution in [0.15, 0.2) is 178 Å². The largest absolute Gasteiger partial charge is 0.456 e. The number of aryl methyl sites for hydroxylation is 5. The Morgan fingerprint density at radius 2 is 1.06 bits per heavy atom. The van der Waals surface area contributed by atoms with Crippen molar-refractivity contribution in [1.29, 1.82) is 0 Å². The Morgan fingerprint density at radius 3 is 1.71 bits per heavy atom. The van der Waals surface area contributed by atoms with Crippen molar-refractivity contribution in [2.75, 3.05) is 33.2 Å². The molecule has 0 saturated carbocycles. The SMILES string of the molecule is CC.CC.CC.CC.CC.CC.CN1CCNCC1.Cc1ccc2[nH]ccc2c1.Cc1cccc2c1oc1ccccc12.Cc1cccc2c1sc1ccccc12.Cn1cnc2ccccc2c1=O.Cn1cnc2ccsc2c1=O. The maximum atomic E-state index is 11.5. The third kappa shape index (κ3) is 19.5. The van der Waals surface area contributed by atoms with Gasteiger partial charge in [0.1, 0.15) is 15.9 Å². The molecule has 0 radical (unpaired) electrons. The van der Waals surface area contributed by atoms with Crippen LogP contribution in [0, 0.1) is 20.8 Å². The standard InChI is InChI=1S/C13H10O.C13H10S.C9H8N2O.C9H9N.C7H6N2OS.C5H12N2.6C2H6/c2*1-9-5-4-7-11-10-6-2-3-8-12(10)14-13(9)11;1-11-6-10-8-5-3-2-4-7(8)9(11)12;1-7-2-3-9-8(6-7)4-5-10-9;1-9-4-8-5-2-3-11-6(5)7(9)10;1-7-4-2-6-3-5-7;6*1-2/h2*2-8H,1H3;2-6H,1H3;2-6,10H,1H3;2-4H,1H3;6H,2-5H2,1H3;6*1-2H3. The van der Waals surface area contributed by atoms with Crippen molar-refractivity contribution in [3.05, 3.63) is 201 Å². The number of fused-ring (bicyclic) bond motifs is 9. The Balaban J connectivity index is 0.000000319. The molecule has 10 nitrogen and oxygen atoms in total. The predicted molar refractivity (Wildman–Crippen MR) is 356 cm³/mol. The second-order valence-corrected chi connectivity index (χ2v) is 18.7. The van der Waals surface area contributed by atoms with E-state index in [1.807, 2.05) is 148 Å². The third-order valence-electron chi connectivity index (χ3n) is 11.6. The Hall–Kier alpha value is -7.22. The number of furan rings is 1. The van der Waals surface area contributed by atoms with Crippen LogP contribution in [0.3, 0.4) is 0 Å². The van der Waals surface area contributed by atoms with Gasteiger partial charge in [0, 0.05) is 82.9 Å². The maximum Gasteiger partial charge on any atom is 0.271 e. The summed E-state index contributed by atoms with van der Waals surface area (Å²) < 4.78 is 12.3. The summed E-state index contributed by atoms with van der Waals surface area (Å²) in [5, 5.41) is 12.3. The van der Waals surface area contributed by atoms with Gasteiger partial charge in [0.25, 0.3) is 11.1 Å². The topological polar surface area (TPSA) is 114 Å². The van der Waals surface area contributed by atoms with Gasteiger partial charge in [-0.3, -0.25) is 9.59 Å². The van der Waals surface area contributed by atoms with E-state index >= 15 is 0 Å². The lowest BCUT2D eigenvalue weighted by molar-refractivity contribution is 0.291.